The highest BCUT2D eigenvalue weighted by atomic mass is 32.2. The van der Waals surface area contributed by atoms with Crippen LogP contribution in [0.4, 0.5) is 5.82 Å². The van der Waals surface area contributed by atoms with Gasteiger partial charge in [-0.3, -0.25) is 4.79 Å². The first-order valence-corrected chi connectivity index (χ1v) is 14.1. The standard InChI is InChI=1S/C26H36N8OS/c1-2-3-11-20-32-23-24(16-8-4-5-9-17(16)30-25(23)27)34(20)14-13-29-21(35)12-7-6-10-19-22-18(15-36-19)31-26(28)33-22/h4-5,8-9,18-19,22H,2-3,6-7,10-15H2,1H3,(H2,27,30)(H,29,35)(H3,28,31,33). The number of imidazole rings is 1. The number of amides is 1. The summed E-state index contributed by atoms with van der Waals surface area (Å²) in [5.41, 5.74) is 14.7. The van der Waals surface area contributed by atoms with E-state index in [9.17, 15) is 4.79 Å². The van der Waals surface area contributed by atoms with Crippen LogP contribution in [-0.2, 0) is 17.8 Å². The Hall–Kier alpha value is -3.01. The van der Waals surface area contributed by atoms with Crippen LogP contribution in [-0.4, -0.2) is 56.0 Å². The predicted octanol–water partition coefficient (Wildman–Crippen LogP) is 2.96. The first-order valence-electron chi connectivity index (χ1n) is 13.1. The van der Waals surface area contributed by atoms with Crippen LogP contribution in [0.1, 0.15) is 51.3 Å². The minimum Gasteiger partial charge on any atom is -0.382 e. The Kier molecular flexibility index (Phi) is 7.50. The zero-order valence-electron chi connectivity index (χ0n) is 20.9. The van der Waals surface area contributed by atoms with E-state index in [-0.39, 0.29) is 11.9 Å². The SMILES string of the molecule is CCCCc1nc2c(N)nc3ccccc3c2n1CCNC(=O)CCCCC1SCC2NC(N)=NC21. The molecule has 0 spiro atoms. The summed E-state index contributed by atoms with van der Waals surface area (Å²) >= 11 is 1.97. The first kappa shape index (κ1) is 24.7. The van der Waals surface area contributed by atoms with Crippen molar-refractivity contribution in [1.29, 1.82) is 0 Å². The number of nitrogens with two attached hydrogens (primary N) is 2. The van der Waals surface area contributed by atoms with Crippen molar-refractivity contribution in [1.82, 2.24) is 25.2 Å². The lowest BCUT2D eigenvalue weighted by molar-refractivity contribution is -0.121. The fourth-order valence-corrected chi connectivity index (χ4v) is 6.84. The Bertz CT molecular complexity index is 1270. The summed E-state index contributed by atoms with van der Waals surface area (Å²) < 4.78 is 2.22. The van der Waals surface area contributed by atoms with E-state index < -0.39 is 0 Å². The van der Waals surface area contributed by atoms with E-state index in [4.69, 9.17) is 16.5 Å². The van der Waals surface area contributed by atoms with Crippen molar-refractivity contribution in [3.05, 3.63) is 30.1 Å². The second kappa shape index (κ2) is 10.9. The van der Waals surface area contributed by atoms with Gasteiger partial charge in [0.05, 0.1) is 23.1 Å². The summed E-state index contributed by atoms with van der Waals surface area (Å²) in [5.74, 6) is 3.19. The van der Waals surface area contributed by atoms with Crippen molar-refractivity contribution in [2.24, 2.45) is 10.7 Å². The zero-order valence-corrected chi connectivity index (χ0v) is 21.7. The third kappa shape index (κ3) is 5.09. The fraction of sp³-hybridized carbons (Fsp3) is 0.538. The quantitative estimate of drug-likeness (QED) is 0.292. The summed E-state index contributed by atoms with van der Waals surface area (Å²) in [6.45, 7) is 3.39. The molecular weight excluding hydrogens is 472 g/mol. The summed E-state index contributed by atoms with van der Waals surface area (Å²) in [7, 11) is 0. The highest BCUT2D eigenvalue weighted by Crippen LogP contribution is 2.35. The molecular formula is C26H36N8OS. The largest absolute Gasteiger partial charge is 0.382 e. The van der Waals surface area contributed by atoms with Crippen molar-refractivity contribution in [3.63, 3.8) is 0 Å². The van der Waals surface area contributed by atoms with Crippen molar-refractivity contribution in [2.45, 2.75) is 75.7 Å². The summed E-state index contributed by atoms with van der Waals surface area (Å²) in [6, 6.07) is 8.70. The van der Waals surface area contributed by atoms with Gasteiger partial charge in [0.15, 0.2) is 11.8 Å². The third-order valence-electron chi connectivity index (χ3n) is 7.15. The molecule has 3 aromatic rings. The number of aliphatic imine (C=N–C) groups is 1. The van der Waals surface area contributed by atoms with Crippen LogP contribution in [0.2, 0.25) is 0 Å². The summed E-state index contributed by atoms with van der Waals surface area (Å²) in [5, 5.41) is 7.91. The number of nitrogen functional groups attached to an aromatic ring is 1. The van der Waals surface area contributed by atoms with Crippen molar-refractivity contribution in [3.8, 4) is 0 Å². The maximum atomic E-state index is 12.6. The molecule has 192 valence electrons. The number of aryl methyl sites for hydroxylation is 1. The number of benzene rings is 1. The van der Waals surface area contributed by atoms with E-state index >= 15 is 0 Å². The van der Waals surface area contributed by atoms with Crippen molar-refractivity contribution < 1.29 is 4.79 Å². The lowest BCUT2D eigenvalue weighted by Gasteiger charge is -2.14. The molecule has 3 unspecified atom stereocenters. The number of rotatable bonds is 11. The van der Waals surface area contributed by atoms with Crippen LogP contribution in [0.3, 0.4) is 0 Å². The molecule has 6 N–H and O–H groups in total. The smallest absolute Gasteiger partial charge is 0.220 e. The average molecular weight is 509 g/mol. The molecule has 3 atom stereocenters. The number of pyridine rings is 1. The molecule has 2 aliphatic heterocycles. The van der Waals surface area contributed by atoms with Crippen LogP contribution < -0.4 is 22.1 Å². The maximum absolute atomic E-state index is 12.6. The van der Waals surface area contributed by atoms with Gasteiger partial charge in [0.2, 0.25) is 5.91 Å². The molecule has 2 aliphatic rings. The predicted molar refractivity (Wildman–Crippen MR) is 148 cm³/mol. The van der Waals surface area contributed by atoms with Gasteiger partial charge in [-0.1, -0.05) is 38.0 Å². The van der Waals surface area contributed by atoms with Crippen LogP contribution in [0.15, 0.2) is 29.3 Å². The molecule has 0 bridgehead atoms. The highest BCUT2D eigenvalue weighted by Gasteiger charge is 2.40. The Morgan fingerprint density at radius 1 is 1.22 bits per heavy atom. The normalized spacial score (nSPS) is 21.0. The monoisotopic (exact) mass is 508 g/mol. The van der Waals surface area contributed by atoms with Gasteiger partial charge in [-0.15, -0.1) is 0 Å². The zero-order chi connectivity index (χ0) is 25.1. The third-order valence-corrected chi connectivity index (χ3v) is 8.64. The molecule has 0 aliphatic carbocycles. The van der Waals surface area contributed by atoms with E-state index in [2.05, 4.69) is 38.2 Å². The Morgan fingerprint density at radius 3 is 2.94 bits per heavy atom. The second-order valence-electron chi connectivity index (χ2n) is 9.72. The van der Waals surface area contributed by atoms with E-state index in [0.717, 1.165) is 72.0 Å². The first-order chi connectivity index (χ1) is 17.5. The fourth-order valence-electron chi connectivity index (χ4n) is 5.32. The van der Waals surface area contributed by atoms with Crippen LogP contribution in [0.5, 0.6) is 0 Å². The summed E-state index contributed by atoms with van der Waals surface area (Å²) in [4.78, 5) is 26.5. The molecule has 36 heavy (non-hydrogen) atoms. The van der Waals surface area contributed by atoms with Crippen molar-refractivity contribution >= 4 is 51.4 Å². The van der Waals surface area contributed by atoms with Crippen LogP contribution >= 0.6 is 11.8 Å². The highest BCUT2D eigenvalue weighted by molar-refractivity contribution is 8.00. The second-order valence-corrected chi connectivity index (χ2v) is 11.0. The number of guanidine groups is 1. The van der Waals surface area contributed by atoms with Gasteiger partial charge < -0.3 is 26.7 Å². The lowest BCUT2D eigenvalue weighted by atomic mass is 10.0. The molecule has 0 radical (unpaired) electrons. The van der Waals surface area contributed by atoms with E-state index in [1.54, 1.807) is 0 Å². The molecule has 2 aromatic heterocycles. The van der Waals surface area contributed by atoms with Crippen molar-refractivity contribution in [2.75, 3.05) is 18.0 Å². The molecule has 0 saturated carbocycles. The maximum Gasteiger partial charge on any atom is 0.220 e. The van der Waals surface area contributed by atoms with Gasteiger partial charge in [-0.2, -0.15) is 11.8 Å². The van der Waals surface area contributed by atoms with Gasteiger partial charge in [-0.25, -0.2) is 15.0 Å². The van der Waals surface area contributed by atoms with Crippen LogP contribution in [0, 0.1) is 0 Å². The topological polar surface area (TPSA) is 136 Å². The van der Waals surface area contributed by atoms with E-state index in [1.807, 2.05) is 30.0 Å². The molecule has 1 aromatic carbocycles. The number of unbranched alkanes of at least 4 members (excludes halogenated alkanes) is 2. The van der Waals surface area contributed by atoms with E-state index in [0.29, 0.717) is 42.6 Å². The molecule has 5 rings (SSSR count). The van der Waals surface area contributed by atoms with Gasteiger partial charge in [0.25, 0.3) is 0 Å². The number of aromatic nitrogens is 3. The number of carbonyl (C=O) groups excluding carboxylic acids is 1. The van der Waals surface area contributed by atoms with Gasteiger partial charge in [0, 0.05) is 42.3 Å². The number of nitrogens with zero attached hydrogens (tertiary/aromatic N) is 4. The average Bonchev–Trinajstić information content (AvgIpc) is 3.54. The Morgan fingerprint density at radius 2 is 2.08 bits per heavy atom. The number of para-hydroxylation sites is 1. The van der Waals surface area contributed by atoms with Gasteiger partial charge in [-0.05, 0) is 25.3 Å². The summed E-state index contributed by atoms with van der Waals surface area (Å²) in [6.07, 6.45) is 6.54. The molecule has 1 saturated heterocycles. The number of fused-ring (bicyclic) bond motifs is 4. The lowest BCUT2D eigenvalue weighted by Crippen LogP contribution is -2.38. The minimum absolute atomic E-state index is 0.0994. The molecule has 10 heteroatoms. The number of anilines is 1. The number of hydrogen-bond donors (Lipinski definition) is 4. The minimum atomic E-state index is 0.0994. The molecule has 4 heterocycles. The Balaban J connectivity index is 1.17. The van der Waals surface area contributed by atoms with E-state index in [1.165, 1.54) is 0 Å². The number of carbonyl (C=O) groups is 1. The Labute approximate surface area is 215 Å². The number of hydrogen-bond acceptors (Lipinski definition) is 8. The number of thioether (sulfide) groups is 1. The molecule has 9 nitrogen and oxygen atoms in total. The van der Waals surface area contributed by atoms with Gasteiger partial charge in [0.1, 0.15) is 11.3 Å². The molecule has 1 fully saturated rings. The molecule has 1 amide bonds. The van der Waals surface area contributed by atoms with Crippen LogP contribution in [0.25, 0.3) is 21.9 Å². The number of nitrogens with one attached hydrogen (secondary N) is 2. The van der Waals surface area contributed by atoms with Gasteiger partial charge >= 0.3 is 0 Å².